The van der Waals surface area contributed by atoms with Gasteiger partial charge in [-0.3, -0.25) is 0 Å². The van der Waals surface area contributed by atoms with Gasteiger partial charge in [0, 0.05) is 0 Å². The second-order valence-electron chi connectivity index (χ2n) is 3.97. The summed E-state index contributed by atoms with van der Waals surface area (Å²) in [4.78, 5) is 0. The molecule has 0 saturated heterocycles. The van der Waals surface area contributed by atoms with E-state index in [2.05, 4.69) is 13.0 Å². The van der Waals surface area contributed by atoms with Crippen molar-refractivity contribution in [2.75, 3.05) is 0 Å². The van der Waals surface area contributed by atoms with Gasteiger partial charge in [-0.1, -0.05) is 0 Å². The SMILES string of the molecule is Cc1ccc2c(c1)[As](Cl)c1cc(Cl)ccc1O2. The molecular formula is C13H9AsCl2O. The van der Waals surface area contributed by atoms with Crippen molar-refractivity contribution in [2.45, 2.75) is 6.92 Å². The third-order valence-corrected chi connectivity index (χ3v) is 8.05. The van der Waals surface area contributed by atoms with Crippen molar-refractivity contribution in [2.24, 2.45) is 0 Å². The molecular weight excluding hydrogens is 318 g/mol. The molecule has 0 bridgehead atoms. The predicted octanol–water partition coefficient (Wildman–Crippen LogP) is 3.10. The van der Waals surface area contributed by atoms with Crippen molar-refractivity contribution in [1.82, 2.24) is 0 Å². The zero-order chi connectivity index (χ0) is 12.0. The van der Waals surface area contributed by atoms with E-state index >= 15 is 0 Å². The second-order valence-corrected chi connectivity index (χ2v) is 9.36. The van der Waals surface area contributed by atoms with E-state index in [-0.39, 0.29) is 0 Å². The minimum absolute atomic E-state index is 0.712. The van der Waals surface area contributed by atoms with Crippen molar-refractivity contribution in [3.8, 4) is 11.5 Å². The Morgan fingerprint density at radius 3 is 2.41 bits per heavy atom. The van der Waals surface area contributed by atoms with E-state index in [9.17, 15) is 0 Å². The van der Waals surface area contributed by atoms with Gasteiger partial charge in [0.2, 0.25) is 0 Å². The van der Waals surface area contributed by atoms with Crippen molar-refractivity contribution in [1.29, 1.82) is 0 Å². The maximum absolute atomic E-state index is 6.63. The van der Waals surface area contributed by atoms with Crippen LogP contribution in [0.25, 0.3) is 0 Å². The zero-order valence-corrected chi connectivity index (χ0v) is 12.5. The molecule has 3 rings (SSSR count). The number of aryl methyl sites for hydroxylation is 1. The van der Waals surface area contributed by atoms with Crippen LogP contribution >= 0.6 is 21.6 Å². The monoisotopic (exact) mass is 326 g/mol. The Hall–Kier alpha value is -0.622. The summed E-state index contributed by atoms with van der Waals surface area (Å²) in [6.07, 6.45) is 0. The number of fused-ring (bicyclic) bond motifs is 2. The summed E-state index contributed by atoms with van der Waals surface area (Å²) < 4.78 is 8.07. The van der Waals surface area contributed by atoms with Gasteiger partial charge in [-0.15, -0.1) is 0 Å². The fourth-order valence-corrected chi connectivity index (χ4v) is 6.61. The quantitative estimate of drug-likeness (QED) is 0.676. The van der Waals surface area contributed by atoms with Gasteiger partial charge in [0.05, 0.1) is 0 Å². The summed E-state index contributed by atoms with van der Waals surface area (Å²) in [5.74, 6) is 1.74. The van der Waals surface area contributed by atoms with Crippen molar-refractivity contribution < 1.29 is 4.74 Å². The summed E-state index contributed by atoms with van der Waals surface area (Å²) in [6, 6.07) is 11.8. The molecule has 1 nitrogen and oxygen atoms in total. The van der Waals surface area contributed by atoms with Gasteiger partial charge in [-0.25, -0.2) is 0 Å². The van der Waals surface area contributed by atoms with Crippen LogP contribution in [0.4, 0.5) is 0 Å². The van der Waals surface area contributed by atoms with Gasteiger partial charge in [-0.05, 0) is 0 Å². The van der Waals surface area contributed by atoms with E-state index in [0.29, 0.717) is 5.02 Å². The van der Waals surface area contributed by atoms with E-state index < -0.39 is 13.7 Å². The topological polar surface area (TPSA) is 9.23 Å². The average molecular weight is 327 g/mol. The number of benzene rings is 2. The zero-order valence-electron chi connectivity index (χ0n) is 9.08. The molecule has 2 aromatic rings. The van der Waals surface area contributed by atoms with Gasteiger partial charge in [0.15, 0.2) is 0 Å². The van der Waals surface area contributed by atoms with Crippen LogP contribution in [0.3, 0.4) is 0 Å². The van der Waals surface area contributed by atoms with E-state index in [1.807, 2.05) is 30.3 Å². The molecule has 2 aromatic carbocycles. The molecule has 0 aliphatic carbocycles. The van der Waals surface area contributed by atoms with Gasteiger partial charge >= 0.3 is 114 Å². The third-order valence-electron chi connectivity index (χ3n) is 2.68. The summed E-state index contributed by atoms with van der Waals surface area (Å²) in [5, 5.41) is 0.712. The molecule has 1 atom stereocenters. The molecule has 0 spiro atoms. The minimum atomic E-state index is -1.76. The molecule has 0 fully saturated rings. The molecule has 0 saturated carbocycles. The molecule has 1 aliphatic heterocycles. The Morgan fingerprint density at radius 2 is 1.65 bits per heavy atom. The van der Waals surface area contributed by atoms with Gasteiger partial charge in [0.25, 0.3) is 0 Å². The molecule has 0 radical (unpaired) electrons. The van der Waals surface area contributed by atoms with Crippen LogP contribution < -0.4 is 13.4 Å². The van der Waals surface area contributed by atoms with Gasteiger partial charge in [-0.2, -0.15) is 0 Å². The Morgan fingerprint density at radius 1 is 1.00 bits per heavy atom. The summed E-state index contributed by atoms with van der Waals surface area (Å²) >= 11 is 4.25. The Balaban J connectivity index is 2.18. The number of ether oxygens (including phenoxy) is 1. The first-order chi connectivity index (χ1) is 8.15. The van der Waals surface area contributed by atoms with Crippen LogP contribution in [0.1, 0.15) is 5.56 Å². The molecule has 86 valence electrons. The van der Waals surface area contributed by atoms with E-state index in [1.54, 1.807) is 0 Å². The van der Waals surface area contributed by atoms with E-state index in [0.717, 1.165) is 20.2 Å². The van der Waals surface area contributed by atoms with Crippen LogP contribution in [-0.2, 0) is 0 Å². The molecule has 0 amide bonds. The van der Waals surface area contributed by atoms with Crippen molar-refractivity contribution >= 4 is 44.0 Å². The summed E-state index contributed by atoms with van der Waals surface area (Å²) in [5.41, 5.74) is 1.21. The maximum atomic E-state index is 6.63. The standard InChI is InChI=1S/C13H9AsCl2O/c1-8-2-4-12-10(6-8)14(16)11-7-9(15)3-5-13(11)17-12/h2-7H,1H3. The van der Waals surface area contributed by atoms with E-state index in [1.165, 1.54) is 5.56 Å². The molecule has 4 heteroatoms. The summed E-state index contributed by atoms with van der Waals surface area (Å²) in [7, 11) is 6.63. The molecule has 1 aliphatic rings. The van der Waals surface area contributed by atoms with E-state index in [4.69, 9.17) is 26.3 Å². The predicted molar refractivity (Wildman–Crippen MR) is 73.6 cm³/mol. The second kappa shape index (κ2) is 4.24. The third kappa shape index (κ3) is 1.97. The number of hydrogen-bond donors (Lipinski definition) is 0. The fraction of sp³-hybridized carbons (Fsp3) is 0.0769. The number of rotatable bonds is 0. The molecule has 0 N–H and O–H groups in total. The Labute approximate surface area is 114 Å². The van der Waals surface area contributed by atoms with Crippen molar-refractivity contribution in [3.63, 3.8) is 0 Å². The van der Waals surface area contributed by atoms with Gasteiger partial charge in [0.1, 0.15) is 0 Å². The first kappa shape index (κ1) is 11.5. The molecule has 1 unspecified atom stereocenters. The number of halogens is 2. The normalized spacial score (nSPS) is 17.0. The first-order valence-corrected chi connectivity index (χ1v) is 9.91. The van der Waals surface area contributed by atoms with Crippen LogP contribution in [0.5, 0.6) is 11.5 Å². The van der Waals surface area contributed by atoms with Crippen LogP contribution in [0.2, 0.25) is 5.02 Å². The van der Waals surface area contributed by atoms with Crippen LogP contribution in [0.15, 0.2) is 36.4 Å². The Bertz CT molecular complexity index is 546. The summed E-state index contributed by atoms with van der Waals surface area (Å²) in [6.45, 7) is 2.06. The van der Waals surface area contributed by atoms with Crippen LogP contribution in [-0.4, -0.2) is 13.7 Å². The Kier molecular flexibility index (Phi) is 2.86. The van der Waals surface area contributed by atoms with Gasteiger partial charge < -0.3 is 0 Å². The van der Waals surface area contributed by atoms with Crippen LogP contribution in [0, 0.1) is 6.92 Å². The molecule has 1 heterocycles. The number of hydrogen-bond acceptors (Lipinski definition) is 1. The molecule has 0 aromatic heterocycles. The molecule has 17 heavy (non-hydrogen) atoms. The van der Waals surface area contributed by atoms with Crippen molar-refractivity contribution in [3.05, 3.63) is 47.0 Å². The average Bonchev–Trinajstić information content (AvgIpc) is 2.32. The first-order valence-electron chi connectivity index (χ1n) is 5.19. The fourth-order valence-electron chi connectivity index (χ4n) is 1.85.